The highest BCUT2D eigenvalue weighted by molar-refractivity contribution is 7.78. The highest BCUT2D eigenvalue weighted by Crippen LogP contribution is 2.09. The largest absolute Gasteiger partial charge is 0.233 e. The number of rotatable bonds is 4. The molecule has 0 aliphatic heterocycles. The predicted octanol–water partition coefficient (Wildman–Crippen LogP) is 3.00. The van der Waals surface area contributed by atoms with Gasteiger partial charge in [0.25, 0.3) is 0 Å². The van der Waals surface area contributed by atoms with Gasteiger partial charge in [-0.15, -0.1) is 0 Å². The van der Waals surface area contributed by atoms with E-state index in [4.69, 9.17) is 0 Å². The van der Waals surface area contributed by atoms with E-state index >= 15 is 0 Å². The molecule has 0 unspecified atom stereocenters. The number of aliphatic imine (C=N–C) groups is 1. The van der Waals surface area contributed by atoms with Crippen molar-refractivity contribution in [3.63, 3.8) is 0 Å². The summed E-state index contributed by atoms with van der Waals surface area (Å²) in [4.78, 5) is 3.71. The van der Waals surface area contributed by atoms with Crippen LogP contribution >= 0.6 is 12.2 Å². The minimum absolute atomic E-state index is 0.543. The van der Waals surface area contributed by atoms with E-state index in [1.54, 1.807) is 0 Å². The molecule has 1 aromatic carbocycles. The molecule has 4 heteroatoms. The Hall–Kier alpha value is -1.12. The molecule has 0 fully saturated rings. The first-order valence-electron chi connectivity index (χ1n) is 4.21. The molecule has 0 aliphatic rings. The minimum Gasteiger partial charge on any atom is -0.233 e. The third-order valence-corrected chi connectivity index (χ3v) is 1.85. The summed E-state index contributed by atoms with van der Waals surface area (Å²) >= 11 is 4.39. The number of nitrogens with zero attached hydrogens (tertiary/aromatic N) is 1. The molecule has 0 aliphatic carbocycles. The monoisotopic (exact) mass is 213 g/mol. The highest BCUT2D eigenvalue weighted by atomic mass is 32.1. The Kier molecular flexibility index (Phi) is 4.36. The first-order chi connectivity index (χ1) is 6.72. The van der Waals surface area contributed by atoms with Crippen molar-refractivity contribution < 1.29 is 8.78 Å². The van der Waals surface area contributed by atoms with Crippen LogP contribution in [0.2, 0.25) is 0 Å². The van der Waals surface area contributed by atoms with Gasteiger partial charge in [0.15, 0.2) is 0 Å². The van der Waals surface area contributed by atoms with Crippen LogP contribution in [0.3, 0.4) is 0 Å². The fourth-order valence-electron chi connectivity index (χ4n) is 1.16. The van der Waals surface area contributed by atoms with Gasteiger partial charge in [0, 0.05) is 12.6 Å². The number of aryl methyl sites for hydroxylation is 1. The standard InChI is InChI=1S/C10H9F2NS/c11-9-4-8(5-10(12)6-9)2-1-3-13-7-14/h4-6H,1-3H2. The Bertz CT molecular complexity index is 339. The molecule has 0 saturated carbocycles. The van der Waals surface area contributed by atoms with Gasteiger partial charge >= 0.3 is 0 Å². The SMILES string of the molecule is Fc1cc(F)cc(CCCN=C=S)c1. The van der Waals surface area contributed by atoms with Crippen molar-refractivity contribution in [2.45, 2.75) is 12.8 Å². The summed E-state index contributed by atoms with van der Waals surface area (Å²) in [6.07, 6.45) is 1.31. The van der Waals surface area contributed by atoms with Gasteiger partial charge in [-0.1, -0.05) is 0 Å². The average Bonchev–Trinajstić information content (AvgIpc) is 2.11. The molecule has 0 bridgehead atoms. The number of isothiocyanates is 1. The molecule has 1 aromatic rings. The molecule has 0 spiro atoms. The predicted molar refractivity (Wildman–Crippen MR) is 54.6 cm³/mol. The van der Waals surface area contributed by atoms with Crippen LogP contribution in [-0.4, -0.2) is 11.7 Å². The van der Waals surface area contributed by atoms with Gasteiger partial charge in [0.2, 0.25) is 0 Å². The highest BCUT2D eigenvalue weighted by Gasteiger charge is 1.99. The summed E-state index contributed by atoms with van der Waals surface area (Å²) < 4.78 is 25.4. The molecule has 0 N–H and O–H groups in total. The zero-order valence-electron chi connectivity index (χ0n) is 7.46. The summed E-state index contributed by atoms with van der Waals surface area (Å²) in [5.41, 5.74) is 0.641. The Labute approximate surface area is 86.5 Å². The van der Waals surface area contributed by atoms with Crippen LogP contribution in [0.1, 0.15) is 12.0 Å². The lowest BCUT2D eigenvalue weighted by Gasteiger charge is -1.99. The molecular weight excluding hydrogens is 204 g/mol. The van der Waals surface area contributed by atoms with Crippen molar-refractivity contribution in [1.29, 1.82) is 0 Å². The van der Waals surface area contributed by atoms with Crippen molar-refractivity contribution in [1.82, 2.24) is 0 Å². The number of hydrogen-bond acceptors (Lipinski definition) is 2. The topological polar surface area (TPSA) is 12.4 Å². The number of halogens is 2. The van der Waals surface area contributed by atoms with Crippen LogP contribution in [0.25, 0.3) is 0 Å². The normalized spacial score (nSPS) is 9.57. The molecule has 0 amide bonds. The van der Waals surface area contributed by atoms with Crippen molar-refractivity contribution >= 4 is 17.4 Å². The van der Waals surface area contributed by atoms with Crippen LogP contribution in [-0.2, 0) is 6.42 Å². The first-order valence-corrected chi connectivity index (χ1v) is 4.62. The smallest absolute Gasteiger partial charge is 0.126 e. The van der Waals surface area contributed by atoms with Gasteiger partial charge < -0.3 is 0 Å². The zero-order chi connectivity index (χ0) is 10.4. The van der Waals surface area contributed by atoms with Crippen LogP contribution in [0.4, 0.5) is 8.78 Å². The second-order valence-electron chi connectivity index (χ2n) is 2.85. The summed E-state index contributed by atoms with van der Waals surface area (Å²) in [6.45, 7) is 0.543. The zero-order valence-corrected chi connectivity index (χ0v) is 8.28. The van der Waals surface area contributed by atoms with Gasteiger partial charge in [-0.05, 0) is 42.8 Å². The van der Waals surface area contributed by atoms with Crippen LogP contribution in [0.15, 0.2) is 23.2 Å². The third kappa shape index (κ3) is 3.73. The quantitative estimate of drug-likeness (QED) is 0.425. The van der Waals surface area contributed by atoms with Crippen molar-refractivity contribution in [2.75, 3.05) is 6.54 Å². The van der Waals surface area contributed by atoms with Crippen LogP contribution < -0.4 is 0 Å². The number of benzene rings is 1. The summed E-state index contributed by atoms with van der Waals surface area (Å²) in [5, 5.41) is 2.24. The van der Waals surface area contributed by atoms with E-state index in [2.05, 4.69) is 22.4 Å². The van der Waals surface area contributed by atoms with E-state index < -0.39 is 11.6 Å². The van der Waals surface area contributed by atoms with Gasteiger partial charge in [0.05, 0.1) is 5.16 Å². The molecule has 0 saturated heterocycles. The fourth-order valence-corrected chi connectivity index (χ4v) is 1.25. The molecule has 74 valence electrons. The van der Waals surface area contributed by atoms with E-state index in [-0.39, 0.29) is 0 Å². The maximum atomic E-state index is 12.7. The lowest BCUT2D eigenvalue weighted by atomic mass is 10.1. The Morgan fingerprint density at radius 1 is 1.21 bits per heavy atom. The summed E-state index contributed by atoms with van der Waals surface area (Å²) in [6, 6.07) is 3.51. The summed E-state index contributed by atoms with van der Waals surface area (Å²) in [7, 11) is 0. The van der Waals surface area contributed by atoms with Crippen LogP contribution in [0, 0.1) is 11.6 Å². The van der Waals surface area contributed by atoms with Gasteiger partial charge in [-0.3, -0.25) is 0 Å². The second-order valence-corrected chi connectivity index (χ2v) is 3.04. The molecular formula is C10H9F2NS. The fraction of sp³-hybridized carbons (Fsp3) is 0.300. The Balaban J connectivity index is 2.54. The Morgan fingerprint density at radius 2 is 1.86 bits per heavy atom. The maximum absolute atomic E-state index is 12.7. The van der Waals surface area contributed by atoms with Crippen LogP contribution in [0.5, 0.6) is 0 Å². The van der Waals surface area contributed by atoms with E-state index in [1.807, 2.05) is 0 Å². The third-order valence-electron chi connectivity index (χ3n) is 1.72. The van der Waals surface area contributed by atoms with Gasteiger partial charge in [-0.2, -0.15) is 0 Å². The average molecular weight is 213 g/mol. The molecule has 0 aromatic heterocycles. The molecule has 1 rings (SSSR count). The molecule has 0 radical (unpaired) electrons. The van der Waals surface area contributed by atoms with E-state index in [1.165, 1.54) is 12.1 Å². The number of hydrogen-bond donors (Lipinski definition) is 0. The Morgan fingerprint density at radius 3 is 2.43 bits per heavy atom. The minimum atomic E-state index is -0.543. The van der Waals surface area contributed by atoms with Crippen molar-refractivity contribution in [3.8, 4) is 0 Å². The molecule has 14 heavy (non-hydrogen) atoms. The maximum Gasteiger partial charge on any atom is 0.126 e. The van der Waals surface area contributed by atoms with Gasteiger partial charge in [0.1, 0.15) is 11.6 Å². The second kappa shape index (κ2) is 5.58. The lowest BCUT2D eigenvalue weighted by molar-refractivity contribution is 0.579. The molecule has 0 heterocycles. The van der Waals surface area contributed by atoms with Gasteiger partial charge in [-0.25, -0.2) is 13.8 Å². The molecule has 0 atom stereocenters. The van der Waals surface area contributed by atoms with Crippen molar-refractivity contribution in [2.24, 2.45) is 4.99 Å². The number of thiocarbonyl (C=S) groups is 1. The molecule has 1 nitrogen and oxygen atoms in total. The first kappa shape index (κ1) is 11.0. The van der Waals surface area contributed by atoms with E-state index in [0.717, 1.165) is 6.07 Å². The lowest BCUT2D eigenvalue weighted by Crippen LogP contribution is -1.91. The van der Waals surface area contributed by atoms with E-state index in [9.17, 15) is 8.78 Å². The summed E-state index contributed by atoms with van der Waals surface area (Å²) in [5.74, 6) is -1.09. The van der Waals surface area contributed by atoms with Crippen molar-refractivity contribution in [3.05, 3.63) is 35.4 Å². The van der Waals surface area contributed by atoms with E-state index in [0.29, 0.717) is 24.9 Å².